The van der Waals surface area contributed by atoms with Gasteiger partial charge in [-0.25, -0.2) is 0 Å². The van der Waals surface area contributed by atoms with Crippen molar-refractivity contribution in [3.05, 3.63) is 30.1 Å². The highest BCUT2D eigenvalue weighted by Gasteiger charge is 2.37. The molecule has 2 amide bonds. The Balaban J connectivity index is 1.59. The minimum atomic E-state index is -0.0962. The number of carbonyl (C=O) groups is 2. The Morgan fingerprint density at radius 3 is 2.41 bits per heavy atom. The number of rotatable bonds is 6. The molecule has 1 aliphatic heterocycles. The summed E-state index contributed by atoms with van der Waals surface area (Å²) < 4.78 is 0. The third-order valence-electron chi connectivity index (χ3n) is 6.03. The summed E-state index contributed by atoms with van der Waals surface area (Å²) in [6.07, 6.45) is 6.97. The second-order valence-electron chi connectivity index (χ2n) is 9.68. The Hall–Kier alpha value is -1.95. The van der Waals surface area contributed by atoms with Gasteiger partial charge in [-0.1, -0.05) is 39.7 Å². The van der Waals surface area contributed by atoms with Gasteiger partial charge < -0.3 is 10.2 Å². The molecule has 0 bridgehead atoms. The molecule has 1 saturated heterocycles. The highest BCUT2D eigenvalue weighted by Crippen LogP contribution is 2.31. The van der Waals surface area contributed by atoms with Crippen molar-refractivity contribution in [2.75, 3.05) is 26.2 Å². The predicted octanol–water partition coefficient (Wildman–Crippen LogP) is 2.84. The summed E-state index contributed by atoms with van der Waals surface area (Å²) in [5.74, 6) is 0.752. The molecule has 29 heavy (non-hydrogen) atoms. The molecule has 3 rings (SSSR count). The molecule has 0 spiro atoms. The summed E-state index contributed by atoms with van der Waals surface area (Å²) in [6, 6.07) is 5.66. The minimum absolute atomic E-state index is 0.00591. The average Bonchev–Trinajstić information content (AvgIpc) is 3.21. The summed E-state index contributed by atoms with van der Waals surface area (Å²) >= 11 is 0. The normalized spacial score (nSPS) is 19.9. The van der Waals surface area contributed by atoms with E-state index < -0.39 is 0 Å². The molecule has 2 aliphatic rings. The van der Waals surface area contributed by atoms with Crippen LogP contribution in [0.1, 0.15) is 58.6 Å². The number of carbonyl (C=O) groups excluding carboxylic acids is 2. The lowest BCUT2D eigenvalue weighted by Crippen LogP contribution is -2.58. The summed E-state index contributed by atoms with van der Waals surface area (Å²) in [5, 5.41) is 3.11. The predicted molar refractivity (Wildman–Crippen MR) is 114 cm³/mol. The highest BCUT2D eigenvalue weighted by atomic mass is 16.2. The van der Waals surface area contributed by atoms with Gasteiger partial charge in [0, 0.05) is 38.8 Å². The Kier molecular flexibility index (Phi) is 7.28. The third kappa shape index (κ3) is 6.26. The smallest absolute Gasteiger partial charge is 0.237 e. The molecule has 6 nitrogen and oxygen atoms in total. The van der Waals surface area contributed by atoms with E-state index in [9.17, 15) is 9.59 Å². The molecule has 0 radical (unpaired) electrons. The number of aromatic nitrogens is 1. The Morgan fingerprint density at radius 2 is 1.83 bits per heavy atom. The summed E-state index contributed by atoms with van der Waals surface area (Å²) in [5.41, 5.74) is 0.884. The van der Waals surface area contributed by atoms with Crippen molar-refractivity contribution < 1.29 is 9.59 Å². The lowest BCUT2D eigenvalue weighted by Gasteiger charge is -2.41. The molecular formula is C23H36N4O2. The minimum Gasteiger partial charge on any atom is -0.349 e. The van der Waals surface area contributed by atoms with Crippen molar-refractivity contribution in [2.24, 2.45) is 11.3 Å². The van der Waals surface area contributed by atoms with Gasteiger partial charge in [0.25, 0.3) is 0 Å². The van der Waals surface area contributed by atoms with Gasteiger partial charge >= 0.3 is 0 Å². The van der Waals surface area contributed by atoms with E-state index in [1.54, 1.807) is 6.20 Å². The number of piperazine rings is 1. The lowest BCUT2D eigenvalue weighted by molar-refractivity contribution is -0.136. The molecule has 1 aliphatic carbocycles. The van der Waals surface area contributed by atoms with E-state index in [1.807, 2.05) is 23.1 Å². The molecule has 2 heterocycles. The Bertz CT molecular complexity index is 672. The number of amides is 2. The summed E-state index contributed by atoms with van der Waals surface area (Å²) in [6.45, 7) is 9.74. The van der Waals surface area contributed by atoms with Gasteiger partial charge in [0.05, 0.1) is 18.3 Å². The Labute approximate surface area is 175 Å². The molecule has 1 aromatic rings. The first-order valence-electron chi connectivity index (χ1n) is 11.0. The summed E-state index contributed by atoms with van der Waals surface area (Å²) in [4.78, 5) is 34.3. The van der Waals surface area contributed by atoms with Gasteiger partial charge in [0.2, 0.25) is 11.8 Å². The summed E-state index contributed by atoms with van der Waals surface area (Å²) in [7, 11) is 0. The first kappa shape index (κ1) is 21.8. The zero-order valence-corrected chi connectivity index (χ0v) is 18.2. The molecule has 1 atom stereocenters. The molecule has 2 fully saturated rings. The molecule has 1 saturated carbocycles. The van der Waals surface area contributed by atoms with E-state index in [-0.39, 0.29) is 23.3 Å². The molecule has 1 N–H and O–H groups in total. The van der Waals surface area contributed by atoms with Crippen molar-refractivity contribution in [2.45, 2.75) is 65.5 Å². The quantitative estimate of drug-likeness (QED) is 0.797. The van der Waals surface area contributed by atoms with Gasteiger partial charge in [-0.05, 0) is 36.3 Å². The van der Waals surface area contributed by atoms with Crippen molar-refractivity contribution >= 4 is 11.8 Å². The van der Waals surface area contributed by atoms with Gasteiger partial charge in [0.15, 0.2) is 0 Å². The van der Waals surface area contributed by atoms with Crippen LogP contribution in [0.5, 0.6) is 0 Å². The maximum absolute atomic E-state index is 13.1. The van der Waals surface area contributed by atoms with E-state index in [0.717, 1.165) is 31.6 Å². The Morgan fingerprint density at radius 1 is 1.14 bits per heavy atom. The van der Waals surface area contributed by atoms with Crippen LogP contribution in [-0.2, 0) is 16.1 Å². The molecule has 160 valence electrons. The average molecular weight is 401 g/mol. The number of nitrogens with one attached hydrogen (secondary N) is 1. The van der Waals surface area contributed by atoms with Gasteiger partial charge in [0.1, 0.15) is 0 Å². The van der Waals surface area contributed by atoms with E-state index in [4.69, 9.17) is 0 Å². The molecular weight excluding hydrogens is 364 g/mol. The molecule has 0 aromatic carbocycles. The van der Waals surface area contributed by atoms with Crippen LogP contribution in [0.25, 0.3) is 0 Å². The van der Waals surface area contributed by atoms with Gasteiger partial charge in [-0.2, -0.15) is 0 Å². The fraction of sp³-hybridized carbons (Fsp3) is 0.696. The standard InChI is InChI=1S/C23H36N4O2/c1-23(2,3)16-20(28)26-12-14-27(15-13-26)21(18-8-4-5-9-18)22(29)25-17-19-10-6-7-11-24-19/h6-7,10-11,18,21H,4-5,8-9,12-17H2,1-3H3,(H,25,29). The fourth-order valence-electron chi connectivity index (χ4n) is 4.55. The topological polar surface area (TPSA) is 65.5 Å². The third-order valence-corrected chi connectivity index (χ3v) is 6.03. The van der Waals surface area contributed by atoms with Crippen LogP contribution in [0, 0.1) is 11.3 Å². The van der Waals surface area contributed by atoms with Crippen molar-refractivity contribution in [3.63, 3.8) is 0 Å². The van der Waals surface area contributed by atoms with E-state index in [0.29, 0.717) is 32.0 Å². The molecule has 6 heteroatoms. The van der Waals surface area contributed by atoms with Crippen LogP contribution in [0.4, 0.5) is 0 Å². The number of hydrogen-bond donors (Lipinski definition) is 1. The first-order valence-corrected chi connectivity index (χ1v) is 11.0. The van der Waals surface area contributed by atoms with Gasteiger partial charge in [-0.15, -0.1) is 0 Å². The van der Waals surface area contributed by atoms with Gasteiger partial charge in [-0.3, -0.25) is 19.5 Å². The monoisotopic (exact) mass is 400 g/mol. The second kappa shape index (κ2) is 9.70. The maximum Gasteiger partial charge on any atom is 0.237 e. The fourth-order valence-corrected chi connectivity index (χ4v) is 4.55. The van der Waals surface area contributed by atoms with E-state index in [1.165, 1.54) is 12.8 Å². The van der Waals surface area contributed by atoms with E-state index in [2.05, 4.69) is 36.0 Å². The number of nitrogens with zero attached hydrogens (tertiary/aromatic N) is 3. The van der Waals surface area contributed by atoms with Crippen LogP contribution in [0.3, 0.4) is 0 Å². The SMILES string of the molecule is CC(C)(C)CC(=O)N1CCN(C(C(=O)NCc2ccccn2)C2CCCC2)CC1. The van der Waals surface area contributed by atoms with Crippen LogP contribution in [0.15, 0.2) is 24.4 Å². The lowest BCUT2D eigenvalue weighted by atomic mass is 9.91. The zero-order chi connectivity index (χ0) is 20.9. The van der Waals surface area contributed by atoms with E-state index >= 15 is 0 Å². The zero-order valence-electron chi connectivity index (χ0n) is 18.2. The van der Waals surface area contributed by atoms with Crippen LogP contribution >= 0.6 is 0 Å². The molecule has 1 aromatic heterocycles. The highest BCUT2D eigenvalue weighted by molar-refractivity contribution is 5.82. The maximum atomic E-state index is 13.1. The van der Waals surface area contributed by atoms with Crippen molar-refractivity contribution in [1.29, 1.82) is 0 Å². The largest absolute Gasteiger partial charge is 0.349 e. The van der Waals surface area contributed by atoms with Crippen LogP contribution in [0.2, 0.25) is 0 Å². The molecule has 1 unspecified atom stereocenters. The first-order chi connectivity index (χ1) is 13.8. The van der Waals surface area contributed by atoms with Crippen molar-refractivity contribution in [1.82, 2.24) is 20.1 Å². The second-order valence-corrected chi connectivity index (χ2v) is 9.68. The number of hydrogen-bond acceptors (Lipinski definition) is 4. The van der Waals surface area contributed by atoms with Crippen LogP contribution in [-0.4, -0.2) is 58.8 Å². The van der Waals surface area contributed by atoms with Crippen molar-refractivity contribution in [3.8, 4) is 0 Å². The number of pyridine rings is 1. The van der Waals surface area contributed by atoms with Crippen LogP contribution < -0.4 is 5.32 Å².